The summed E-state index contributed by atoms with van der Waals surface area (Å²) in [7, 11) is 0. The molecule has 0 saturated carbocycles. The molecule has 1 aromatic rings. The topological polar surface area (TPSA) is 15.3 Å². The molecule has 0 spiro atoms. The Balaban J connectivity index is 2.27. The summed E-state index contributed by atoms with van der Waals surface area (Å²) in [6.45, 7) is 12.9. The monoisotopic (exact) mass is 288 g/mol. The van der Waals surface area contributed by atoms with E-state index >= 15 is 0 Å². The summed E-state index contributed by atoms with van der Waals surface area (Å²) in [6.07, 6.45) is 5.26. The Hall–Kier alpha value is -0.860. The first-order valence-electron chi connectivity index (χ1n) is 8.61. The zero-order valence-corrected chi connectivity index (χ0v) is 14.3. The number of nitrogens with zero attached hydrogens (tertiary/aromatic N) is 1. The second-order valence-electron chi connectivity index (χ2n) is 6.95. The van der Waals surface area contributed by atoms with E-state index in [9.17, 15) is 0 Å². The molecule has 2 heteroatoms. The van der Waals surface area contributed by atoms with Crippen molar-refractivity contribution in [3.8, 4) is 0 Å². The van der Waals surface area contributed by atoms with Crippen LogP contribution in [0.3, 0.4) is 0 Å². The third kappa shape index (κ3) is 3.87. The van der Waals surface area contributed by atoms with Crippen LogP contribution in [-0.4, -0.2) is 30.1 Å². The van der Waals surface area contributed by atoms with E-state index in [1.54, 1.807) is 0 Å². The number of aryl methyl sites for hydroxylation is 1. The molecule has 1 N–H and O–H groups in total. The van der Waals surface area contributed by atoms with Crippen LogP contribution in [0.4, 0.5) is 0 Å². The fraction of sp³-hybridized carbons (Fsp3) is 0.684. The minimum Gasteiger partial charge on any atom is -0.308 e. The molecule has 1 unspecified atom stereocenters. The van der Waals surface area contributed by atoms with Gasteiger partial charge in [0, 0.05) is 5.54 Å². The van der Waals surface area contributed by atoms with E-state index < -0.39 is 0 Å². The minimum atomic E-state index is 0.154. The third-order valence-corrected chi connectivity index (χ3v) is 4.98. The molecule has 0 amide bonds. The van der Waals surface area contributed by atoms with E-state index in [0.717, 1.165) is 6.54 Å². The van der Waals surface area contributed by atoms with E-state index in [0.29, 0.717) is 6.04 Å². The summed E-state index contributed by atoms with van der Waals surface area (Å²) < 4.78 is 0. The van der Waals surface area contributed by atoms with Crippen molar-refractivity contribution in [3.05, 3.63) is 35.4 Å². The Bertz CT molecular complexity index is 433. The van der Waals surface area contributed by atoms with Gasteiger partial charge in [-0.05, 0) is 70.8 Å². The molecular formula is C19H32N2. The SMILES string of the molecule is CCCNC(c1ccccc1C)C(C)(C)N1CCCCC1. The second kappa shape index (κ2) is 7.42. The average Bonchev–Trinajstić information content (AvgIpc) is 2.50. The molecule has 1 fully saturated rings. The van der Waals surface area contributed by atoms with Gasteiger partial charge in [0.05, 0.1) is 6.04 Å². The highest BCUT2D eigenvalue weighted by atomic mass is 15.2. The number of benzene rings is 1. The van der Waals surface area contributed by atoms with Crippen LogP contribution >= 0.6 is 0 Å². The van der Waals surface area contributed by atoms with Crippen molar-refractivity contribution in [2.24, 2.45) is 0 Å². The lowest BCUT2D eigenvalue weighted by molar-refractivity contribution is 0.0606. The van der Waals surface area contributed by atoms with Crippen molar-refractivity contribution >= 4 is 0 Å². The van der Waals surface area contributed by atoms with Gasteiger partial charge in [0.15, 0.2) is 0 Å². The molecule has 0 aliphatic carbocycles. The first-order chi connectivity index (χ1) is 10.1. The maximum absolute atomic E-state index is 3.82. The lowest BCUT2D eigenvalue weighted by atomic mass is 9.83. The van der Waals surface area contributed by atoms with Crippen molar-refractivity contribution in [1.82, 2.24) is 10.2 Å². The van der Waals surface area contributed by atoms with Gasteiger partial charge in [-0.25, -0.2) is 0 Å². The number of likely N-dealkylation sites (tertiary alicyclic amines) is 1. The van der Waals surface area contributed by atoms with Crippen LogP contribution in [0.1, 0.15) is 63.6 Å². The van der Waals surface area contributed by atoms with Crippen LogP contribution < -0.4 is 5.32 Å². The van der Waals surface area contributed by atoms with Crippen molar-refractivity contribution in [3.63, 3.8) is 0 Å². The summed E-state index contributed by atoms with van der Waals surface area (Å²) in [4.78, 5) is 2.69. The highest BCUT2D eigenvalue weighted by molar-refractivity contribution is 5.31. The molecule has 1 heterocycles. The molecule has 118 valence electrons. The zero-order valence-electron chi connectivity index (χ0n) is 14.3. The van der Waals surface area contributed by atoms with E-state index in [-0.39, 0.29) is 5.54 Å². The van der Waals surface area contributed by atoms with E-state index in [1.165, 1.54) is 49.9 Å². The highest BCUT2D eigenvalue weighted by Crippen LogP contribution is 2.34. The van der Waals surface area contributed by atoms with Crippen molar-refractivity contribution in [2.75, 3.05) is 19.6 Å². The molecule has 2 nitrogen and oxygen atoms in total. The summed E-state index contributed by atoms with van der Waals surface area (Å²) in [6, 6.07) is 9.26. The minimum absolute atomic E-state index is 0.154. The Kier molecular flexibility index (Phi) is 5.83. The molecule has 1 saturated heterocycles. The molecule has 21 heavy (non-hydrogen) atoms. The second-order valence-corrected chi connectivity index (χ2v) is 6.95. The summed E-state index contributed by atoms with van der Waals surface area (Å²) >= 11 is 0. The molecule has 0 aromatic heterocycles. The number of hydrogen-bond acceptors (Lipinski definition) is 2. The molecule has 0 bridgehead atoms. The number of hydrogen-bond donors (Lipinski definition) is 1. The smallest absolute Gasteiger partial charge is 0.0504 e. The fourth-order valence-electron chi connectivity index (χ4n) is 3.59. The van der Waals surface area contributed by atoms with Gasteiger partial charge in [0.2, 0.25) is 0 Å². The maximum Gasteiger partial charge on any atom is 0.0504 e. The summed E-state index contributed by atoms with van der Waals surface area (Å²) in [5, 5.41) is 3.82. The molecule has 2 rings (SSSR count). The van der Waals surface area contributed by atoms with Crippen LogP contribution in [0.15, 0.2) is 24.3 Å². The van der Waals surface area contributed by atoms with Crippen LogP contribution in [0, 0.1) is 6.92 Å². The van der Waals surface area contributed by atoms with Crippen molar-refractivity contribution in [2.45, 2.75) is 65.0 Å². The Labute approximate surface area is 130 Å². The summed E-state index contributed by atoms with van der Waals surface area (Å²) in [5.74, 6) is 0. The first kappa shape index (κ1) is 16.5. The van der Waals surface area contributed by atoms with Gasteiger partial charge in [-0.15, -0.1) is 0 Å². The quantitative estimate of drug-likeness (QED) is 0.839. The molecular weight excluding hydrogens is 256 g/mol. The first-order valence-corrected chi connectivity index (χ1v) is 8.61. The summed E-state index contributed by atoms with van der Waals surface area (Å²) in [5.41, 5.74) is 3.01. The maximum atomic E-state index is 3.82. The lowest BCUT2D eigenvalue weighted by Gasteiger charge is -2.47. The van der Waals surface area contributed by atoms with Gasteiger partial charge < -0.3 is 5.32 Å². The van der Waals surface area contributed by atoms with Gasteiger partial charge in [0.25, 0.3) is 0 Å². The predicted octanol–water partition coefficient (Wildman–Crippen LogP) is 4.30. The standard InChI is InChI=1S/C19H32N2/c1-5-13-20-18(17-12-8-7-11-16(17)2)19(3,4)21-14-9-6-10-15-21/h7-8,11-12,18,20H,5-6,9-10,13-15H2,1-4H3. The predicted molar refractivity (Wildman–Crippen MR) is 91.7 cm³/mol. The van der Waals surface area contributed by atoms with E-state index in [2.05, 4.69) is 62.2 Å². The van der Waals surface area contributed by atoms with Gasteiger partial charge >= 0.3 is 0 Å². The van der Waals surface area contributed by atoms with Crippen molar-refractivity contribution in [1.29, 1.82) is 0 Å². The molecule has 1 aliphatic rings. The van der Waals surface area contributed by atoms with Gasteiger partial charge in [0.1, 0.15) is 0 Å². The van der Waals surface area contributed by atoms with Gasteiger partial charge in [-0.3, -0.25) is 4.90 Å². The largest absolute Gasteiger partial charge is 0.308 e. The third-order valence-electron chi connectivity index (χ3n) is 4.98. The number of nitrogens with one attached hydrogen (secondary N) is 1. The highest BCUT2D eigenvalue weighted by Gasteiger charge is 2.37. The van der Waals surface area contributed by atoms with Crippen LogP contribution in [-0.2, 0) is 0 Å². The molecule has 1 aliphatic heterocycles. The normalized spacial score (nSPS) is 18.7. The Morgan fingerprint density at radius 3 is 2.43 bits per heavy atom. The fourth-order valence-corrected chi connectivity index (χ4v) is 3.59. The Morgan fingerprint density at radius 1 is 1.14 bits per heavy atom. The van der Waals surface area contributed by atoms with Gasteiger partial charge in [-0.2, -0.15) is 0 Å². The molecule has 1 aromatic carbocycles. The van der Waals surface area contributed by atoms with Gasteiger partial charge in [-0.1, -0.05) is 37.6 Å². The average molecular weight is 288 g/mol. The number of rotatable bonds is 6. The van der Waals surface area contributed by atoms with Crippen LogP contribution in [0.25, 0.3) is 0 Å². The zero-order chi connectivity index (χ0) is 15.3. The lowest BCUT2D eigenvalue weighted by Crippen LogP contribution is -2.54. The molecule has 0 radical (unpaired) electrons. The molecule has 1 atom stereocenters. The van der Waals surface area contributed by atoms with Crippen LogP contribution in [0.5, 0.6) is 0 Å². The van der Waals surface area contributed by atoms with Crippen LogP contribution in [0.2, 0.25) is 0 Å². The van der Waals surface area contributed by atoms with E-state index in [4.69, 9.17) is 0 Å². The van der Waals surface area contributed by atoms with E-state index in [1.807, 2.05) is 0 Å². The Morgan fingerprint density at radius 2 is 1.81 bits per heavy atom. The number of piperidine rings is 1. The van der Waals surface area contributed by atoms with Crippen molar-refractivity contribution < 1.29 is 0 Å².